The van der Waals surface area contributed by atoms with Gasteiger partial charge in [-0.25, -0.2) is 9.18 Å². The topological polar surface area (TPSA) is 75.6 Å². The van der Waals surface area contributed by atoms with Crippen LogP contribution in [0.1, 0.15) is 21.5 Å². The molecule has 2 aromatic carbocycles. The zero-order chi connectivity index (χ0) is 20.0. The number of Topliss-reactive ketones (excluding diaryl/α,β-unsaturated/α-hetero) is 1. The number of alkyl halides is 3. The minimum atomic E-state index is -4.73. The van der Waals surface area contributed by atoms with E-state index in [2.05, 4.69) is 5.32 Å². The minimum absolute atomic E-state index is 0.0414. The molecule has 0 saturated heterocycles. The number of benzene rings is 2. The number of carbonyl (C=O) groups is 2. The first-order valence-electron chi connectivity index (χ1n) is 7.69. The smallest absolute Gasteiger partial charge is 0.416 e. The van der Waals surface area contributed by atoms with E-state index in [-0.39, 0.29) is 17.7 Å². The van der Waals surface area contributed by atoms with Crippen molar-refractivity contribution in [3.8, 4) is 0 Å². The van der Waals surface area contributed by atoms with Crippen molar-refractivity contribution in [3.63, 3.8) is 0 Å². The summed E-state index contributed by atoms with van der Waals surface area (Å²) >= 11 is 0. The molecule has 0 fully saturated rings. The van der Waals surface area contributed by atoms with Gasteiger partial charge in [-0.2, -0.15) is 13.2 Å². The lowest BCUT2D eigenvalue weighted by Gasteiger charge is -2.13. The highest BCUT2D eigenvalue weighted by Gasteiger charge is 2.33. The first-order valence-corrected chi connectivity index (χ1v) is 7.69. The van der Waals surface area contributed by atoms with Gasteiger partial charge in [0.05, 0.1) is 24.3 Å². The summed E-state index contributed by atoms with van der Waals surface area (Å²) in [6, 6.07) is 8.00. The van der Waals surface area contributed by atoms with Crippen molar-refractivity contribution in [1.82, 2.24) is 0 Å². The summed E-state index contributed by atoms with van der Waals surface area (Å²) in [7, 11) is 0. The van der Waals surface area contributed by atoms with Crippen LogP contribution in [-0.2, 0) is 22.3 Å². The second-order valence-corrected chi connectivity index (χ2v) is 5.57. The fraction of sp³-hybridized carbons (Fsp3) is 0.222. The molecule has 144 valence electrons. The molecule has 27 heavy (non-hydrogen) atoms. The predicted molar refractivity (Wildman–Crippen MR) is 88.0 cm³/mol. The molecule has 0 aliphatic carbocycles. The number of hydrogen-bond donors (Lipinski definition) is 2. The third-order valence-electron chi connectivity index (χ3n) is 3.50. The first-order chi connectivity index (χ1) is 12.7. The van der Waals surface area contributed by atoms with E-state index in [1.807, 2.05) is 0 Å². The molecule has 0 atom stereocenters. The minimum Gasteiger partial charge on any atom is -0.478 e. The van der Waals surface area contributed by atoms with Gasteiger partial charge in [-0.1, -0.05) is 12.1 Å². The van der Waals surface area contributed by atoms with E-state index < -0.39 is 42.5 Å². The van der Waals surface area contributed by atoms with Crippen LogP contribution in [0.25, 0.3) is 0 Å². The predicted octanol–water partition coefficient (Wildman–Crippen LogP) is 3.74. The molecule has 0 aromatic heterocycles. The number of ether oxygens (including phenoxy) is 1. The molecule has 0 aliphatic rings. The highest BCUT2D eigenvalue weighted by atomic mass is 19.4. The Bertz CT molecular complexity index is 836. The molecule has 0 spiro atoms. The van der Waals surface area contributed by atoms with Crippen molar-refractivity contribution in [2.75, 3.05) is 18.5 Å². The van der Waals surface area contributed by atoms with Gasteiger partial charge in [0.2, 0.25) is 0 Å². The number of aromatic carboxylic acids is 1. The molecule has 0 heterocycles. The lowest BCUT2D eigenvalue weighted by Crippen LogP contribution is -2.20. The lowest BCUT2D eigenvalue weighted by atomic mass is 10.1. The Morgan fingerprint density at radius 3 is 2.52 bits per heavy atom. The highest BCUT2D eigenvalue weighted by Crippen LogP contribution is 2.32. The van der Waals surface area contributed by atoms with Crippen molar-refractivity contribution in [1.29, 1.82) is 0 Å². The van der Waals surface area contributed by atoms with Gasteiger partial charge >= 0.3 is 12.1 Å². The number of carboxylic acids is 1. The van der Waals surface area contributed by atoms with E-state index >= 15 is 0 Å². The molecule has 0 amide bonds. The summed E-state index contributed by atoms with van der Waals surface area (Å²) in [6.45, 7) is -1.16. The molecular weight excluding hydrogens is 370 g/mol. The fourth-order valence-electron chi connectivity index (χ4n) is 2.23. The van der Waals surface area contributed by atoms with Gasteiger partial charge in [-0.3, -0.25) is 4.79 Å². The zero-order valence-corrected chi connectivity index (χ0v) is 13.8. The second kappa shape index (κ2) is 8.63. The van der Waals surface area contributed by atoms with E-state index in [0.717, 1.165) is 12.1 Å². The summed E-state index contributed by atoms with van der Waals surface area (Å²) < 4.78 is 56.6. The number of hydrogen-bond acceptors (Lipinski definition) is 4. The van der Waals surface area contributed by atoms with Crippen LogP contribution in [-0.4, -0.2) is 30.0 Å². The Morgan fingerprint density at radius 1 is 1.11 bits per heavy atom. The average molecular weight is 385 g/mol. The van der Waals surface area contributed by atoms with E-state index in [1.54, 1.807) is 6.07 Å². The van der Waals surface area contributed by atoms with Crippen LogP contribution in [0.5, 0.6) is 0 Å². The van der Waals surface area contributed by atoms with Crippen LogP contribution in [0.2, 0.25) is 0 Å². The third kappa shape index (κ3) is 6.07. The van der Waals surface area contributed by atoms with Crippen LogP contribution < -0.4 is 5.32 Å². The van der Waals surface area contributed by atoms with Gasteiger partial charge in [-0.15, -0.1) is 0 Å². The Hall–Kier alpha value is -2.94. The Morgan fingerprint density at radius 2 is 1.85 bits per heavy atom. The van der Waals surface area contributed by atoms with Gasteiger partial charge < -0.3 is 15.2 Å². The van der Waals surface area contributed by atoms with Crippen LogP contribution in [0.15, 0.2) is 42.5 Å². The van der Waals surface area contributed by atoms with E-state index in [9.17, 15) is 27.2 Å². The van der Waals surface area contributed by atoms with Crippen molar-refractivity contribution < 1.29 is 37.0 Å². The molecule has 0 saturated carbocycles. The number of halogens is 4. The Kier molecular flexibility index (Phi) is 6.51. The number of anilines is 1. The van der Waals surface area contributed by atoms with Gasteiger partial charge in [0, 0.05) is 5.69 Å². The number of ketones is 1. The molecule has 0 aliphatic heterocycles. The van der Waals surface area contributed by atoms with Crippen molar-refractivity contribution in [2.45, 2.75) is 12.8 Å². The molecule has 0 bridgehead atoms. The maximum Gasteiger partial charge on any atom is 0.416 e. The Labute approximate surface area is 151 Å². The molecule has 0 unspecified atom stereocenters. The third-order valence-corrected chi connectivity index (χ3v) is 3.50. The molecule has 2 rings (SSSR count). The van der Waals surface area contributed by atoms with Crippen molar-refractivity contribution in [3.05, 3.63) is 65.0 Å². The van der Waals surface area contributed by atoms with Gasteiger partial charge in [0.15, 0.2) is 5.78 Å². The summed E-state index contributed by atoms with van der Waals surface area (Å²) in [6.07, 6.45) is -4.73. The summed E-state index contributed by atoms with van der Waals surface area (Å²) in [5, 5.41) is 11.6. The van der Waals surface area contributed by atoms with Crippen molar-refractivity contribution >= 4 is 17.4 Å². The van der Waals surface area contributed by atoms with E-state index in [0.29, 0.717) is 11.8 Å². The number of nitrogens with one attached hydrogen (secondary N) is 1. The molecule has 2 N–H and O–H groups in total. The van der Waals surface area contributed by atoms with Gasteiger partial charge in [0.1, 0.15) is 12.4 Å². The van der Waals surface area contributed by atoms with Crippen LogP contribution >= 0.6 is 0 Å². The number of carboxylic acid groups (broad SMARTS) is 1. The number of rotatable bonds is 8. The standard InChI is InChI=1S/C18H15F4NO4/c19-13-5-4-12(16(7-13)18(20,21)22)9-27-10-15(24)8-23-14-3-1-2-11(6-14)17(25)26/h1-7,23H,8-10H2,(H,25,26). The maximum absolute atomic E-state index is 13.0. The molecule has 0 radical (unpaired) electrons. The highest BCUT2D eigenvalue weighted by molar-refractivity contribution is 5.89. The lowest BCUT2D eigenvalue weighted by molar-refractivity contribution is -0.139. The quantitative estimate of drug-likeness (QED) is 0.677. The van der Waals surface area contributed by atoms with Gasteiger partial charge in [-0.05, 0) is 35.9 Å². The maximum atomic E-state index is 13.0. The Balaban J connectivity index is 1.87. The van der Waals surface area contributed by atoms with Gasteiger partial charge in [0.25, 0.3) is 0 Å². The van der Waals surface area contributed by atoms with Crippen LogP contribution in [0, 0.1) is 5.82 Å². The molecular formula is C18H15F4NO4. The normalized spacial score (nSPS) is 11.3. The van der Waals surface area contributed by atoms with Crippen molar-refractivity contribution in [2.24, 2.45) is 0 Å². The monoisotopic (exact) mass is 385 g/mol. The molecule has 9 heteroatoms. The number of carbonyl (C=O) groups excluding carboxylic acids is 1. The first kappa shape index (κ1) is 20.4. The second-order valence-electron chi connectivity index (χ2n) is 5.57. The summed E-state index contributed by atoms with van der Waals surface area (Å²) in [5.74, 6) is -2.59. The van der Waals surface area contributed by atoms with E-state index in [4.69, 9.17) is 9.84 Å². The molecule has 5 nitrogen and oxygen atoms in total. The van der Waals surface area contributed by atoms with Crippen LogP contribution in [0.4, 0.5) is 23.2 Å². The summed E-state index contributed by atoms with van der Waals surface area (Å²) in [5.41, 5.74) is -0.988. The average Bonchev–Trinajstić information content (AvgIpc) is 2.60. The summed E-state index contributed by atoms with van der Waals surface area (Å²) in [4.78, 5) is 22.6. The van der Waals surface area contributed by atoms with Crippen LogP contribution in [0.3, 0.4) is 0 Å². The zero-order valence-electron chi connectivity index (χ0n) is 13.8. The fourth-order valence-corrected chi connectivity index (χ4v) is 2.23. The van der Waals surface area contributed by atoms with E-state index in [1.165, 1.54) is 18.2 Å². The SMILES string of the molecule is O=C(CNc1cccc(C(=O)O)c1)COCc1ccc(F)cc1C(F)(F)F. The molecule has 2 aromatic rings. The largest absolute Gasteiger partial charge is 0.478 e.